The van der Waals surface area contributed by atoms with Crippen molar-refractivity contribution >= 4 is 5.91 Å². The Hall–Kier alpha value is -3.98. The first-order valence-electron chi connectivity index (χ1n) is 9.88. The van der Waals surface area contributed by atoms with E-state index in [4.69, 9.17) is 24.7 Å². The van der Waals surface area contributed by atoms with E-state index in [1.54, 1.807) is 48.7 Å². The SMILES string of the molecule is COc1ccc(C[C@@H](O)c2cc(OC)c(OC)c(OC)c2)cc1O.NC(=O)c1cccnc1. The molecule has 0 aliphatic heterocycles. The summed E-state index contributed by atoms with van der Waals surface area (Å²) in [5, 5.41) is 20.4. The van der Waals surface area contributed by atoms with E-state index in [0.29, 0.717) is 40.5 Å². The second-order valence-corrected chi connectivity index (χ2v) is 6.79. The zero-order valence-corrected chi connectivity index (χ0v) is 18.9. The molecular formula is C24H28N2O7. The molecule has 2 aromatic carbocycles. The van der Waals surface area contributed by atoms with Crippen LogP contribution in [-0.4, -0.2) is 49.5 Å². The molecule has 1 heterocycles. The fraction of sp³-hybridized carbons (Fsp3) is 0.250. The summed E-state index contributed by atoms with van der Waals surface area (Å²) in [6.07, 6.45) is 2.54. The van der Waals surface area contributed by atoms with E-state index in [1.165, 1.54) is 34.6 Å². The van der Waals surface area contributed by atoms with Crippen LogP contribution in [-0.2, 0) is 6.42 Å². The molecule has 4 N–H and O–H groups in total. The number of pyridine rings is 1. The number of aliphatic hydroxyl groups is 1. The Morgan fingerprint density at radius 1 is 0.970 bits per heavy atom. The summed E-state index contributed by atoms with van der Waals surface area (Å²) in [5.41, 5.74) is 6.77. The van der Waals surface area contributed by atoms with Crippen LogP contribution in [0.2, 0.25) is 0 Å². The van der Waals surface area contributed by atoms with Gasteiger partial charge in [0.15, 0.2) is 23.0 Å². The third-order valence-corrected chi connectivity index (χ3v) is 4.69. The van der Waals surface area contributed by atoms with Crippen LogP contribution in [0.25, 0.3) is 0 Å². The Morgan fingerprint density at radius 3 is 2.03 bits per heavy atom. The van der Waals surface area contributed by atoms with Gasteiger partial charge in [-0.05, 0) is 47.5 Å². The Morgan fingerprint density at radius 2 is 1.61 bits per heavy atom. The van der Waals surface area contributed by atoms with Gasteiger partial charge in [0.05, 0.1) is 40.1 Å². The highest BCUT2D eigenvalue weighted by molar-refractivity contribution is 5.92. The molecule has 0 aliphatic carbocycles. The monoisotopic (exact) mass is 456 g/mol. The average Bonchev–Trinajstić information content (AvgIpc) is 2.84. The van der Waals surface area contributed by atoms with Crippen molar-refractivity contribution in [2.24, 2.45) is 5.73 Å². The molecule has 0 bridgehead atoms. The zero-order valence-electron chi connectivity index (χ0n) is 18.9. The topological polar surface area (TPSA) is 133 Å². The third-order valence-electron chi connectivity index (χ3n) is 4.69. The first-order valence-corrected chi connectivity index (χ1v) is 9.88. The Bertz CT molecular complexity index is 1030. The lowest BCUT2D eigenvalue weighted by atomic mass is 10.00. The highest BCUT2D eigenvalue weighted by Gasteiger charge is 2.18. The van der Waals surface area contributed by atoms with Crippen molar-refractivity contribution in [1.29, 1.82) is 0 Å². The zero-order chi connectivity index (χ0) is 24.4. The third kappa shape index (κ3) is 6.75. The van der Waals surface area contributed by atoms with E-state index in [-0.39, 0.29) is 5.75 Å². The number of carbonyl (C=O) groups is 1. The first kappa shape index (κ1) is 25.3. The van der Waals surface area contributed by atoms with E-state index >= 15 is 0 Å². The number of aromatic nitrogens is 1. The lowest BCUT2D eigenvalue weighted by Crippen LogP contribution is -2.10. The minimum atomic E-state index is -0.800. The van der Waals surface area contributed by atoms with Crippen molar-refractivity contribution in [3.8, 4) is 28.7 Å². The summed E-state index contributed by atoms with van der Waals surface area (Å²) < 4.78 is 20.9. The summed E-state index contributed by atoms with van der Waals surface area (Å²) >= 11 is 0. The lowest BCUT2D eigenvalue weighted by molar-refractivity contribution is 0.1000. The van der Waals surface area contributed by atoms with Gasteiger partial charge in [0.25, 0.3) is 0 Å². The van der Waals surface area contributed by atoms with Crippen LogP contribution in [0.15, 0.2) is 54.9 Å². The molecule has 3 rings (SSSR count). The molecule has 0 saturated carbocycles. The van der Waals surface area contributed by atoms with Crippen molar-refractivity contribution in [1.82, 2.24) is 4.98 Å². The Balaban J connectivity index is 0.000000357. The predicted octanol–water partition coefficient (Wildman–Crippen LogP) is 2.88. The largest absolute Gasteiger partial charge is 0.504 e. The second-order valence-electron chi connectivity index (χ2n) is 6.79. The summed E-state index contributed by atoms with van der Waals surface area (Å²) in [6.45, 7) is 0. The smallest absolute Gasteiger partial charge is 0.250 e. The summed E-state index contributed by atoms with van der Waals surface area (Å²) in [4.78, 5) is 14.1. The molecule has 176 valence electrons. The van der Waals surface area contributed by atoms with E-state index < -0.39 is 12.0 Å². The average molecular weight is 456 g/mol. The van der Waals surface area contributed by atoms with Crippen LogP contribution < -0.4 is 24.7 Å². The molecule has 1 atom stereocenters. The first-order chi connectivity index (χ1) is 15.8. The summed E-state index contributed by atoms with van der Waals surface area (Å²) in [6, 6.07) is 11.7. The van der Waals surface area contributed by atoms with E-state index in [2.05, 4.69) is 4.98 Å². The number of benzene rings is 2. The fourth-order valence-electron chi connectivity index (χ4n) is 3.01. The van der Waals surface area contributed by atoms with E-state index in [1.807, 2.05) is 0 Å². The number of aromatic hydroxyl groups is 1. The molecule has 9 nitrogen and oxygen atoms in total. The van der Waals surface area contributed by atoms with Crippen LogP contribution in [0.4, 0.5) is 0 Å². The minimum absolute atomic E-state index is 0.0343. The molecule has 0 aliphatic rings. The number of phenols is 1. The molecule has 0 spiro atoms. The molecule has 1 aromatic heterocycles. The van der Waals surface area contributed by atoms with E-state index in [0.717, 1.165) is 5.56 Å². The van der Waals surface area contributed by atoms with Crippen molar-refractivity contribution in [3.05, 3.63) is 71.5 Å². The molecule has 33 heavy (non-hydrogen) atoms. The number of hydrogen-bond acceptors (Lipinski definition) is 8. The minimum Gasteiger partial charge on any atom is -0.504 e. The normalized spacial score (nSPS) is 10.9. The van der Waals surface area contributed by atoms with Gasteiger partial charge in [0.2, 0.25) is 11.7 Å². The second kappa shape index (κ2) is 12.2. The maximum absolute atomic E-state index is 10.5. The van der Waals surface area contributed by atoms with Crippen molar-refractivity contribution in [3.63, 3.8) is 0 Å². The molecule has 0 saturated heterocycles. The number of phenolic OH excluding ortho intramolecular Hbond substituents is 1. The van der Waals surface area contributed by atoms with Gasteiger partial charge in [0, 0.05) is 18.8 Å². The van der Waals surface area contributed by atoms with Crippen LogP contribution >= 0.6 is 0 Å². The number of ether oxygens (including phenoxy) is 4. The Kier molecular flexibility index (Phi) is 9.31. The predicted molar refractivity (Wildman–Crippen MR) is 122 cm³/mol. The van der Waals surface area contributed by atoms with Crippen LogP contribution in [0.1, 0.15) is 27.6 Å². The number of hydrogen-bond donors (Lipinski definition) is 3. The van der Waals surface area contributed by atoms with Crippen LogP contribution in [0, 0.1) is 0 Å². The standard InChI is InChI=1S/C18H22O6.C6H6N2O/c1-21-15-6-5-11(8-14(15)20)7-13(19)12-9-16(22-2)18(24-4)17(10-12)23-3;7-6(9)5-2-1-3-8-4-5/h5-6,8-10,13,19-20H,7H2,1-4H3;1-4H,(H2,7,9)/t13-;/m1./s1. The highest BCUT2D eigenvalue weighted by Crippen LogP contribution is 2.40. The molecule has 1 amide bonds. The van der Waals surface area contributed by atoms with Crippen molar-refractivity contribution < 1.29 is 34.0 Å². The number of nitrogens with two attached hydrogens (primary N) is 1. The number of methoxy groups -OCH3 is 4. The Labute approximate surface area is 192 Å². The summed E-state index contributed by atoms with van der Waals surface area (Å²) in [7, 11) is 6.06. The van der Waals surface area contributed by atoms with Gasteiger partial charge < -0.3 is 34.9 Å². The molecule has 0 unspecified atom stereocenters. The van der Waals surface area contributed by atoms with Crippen LogP contribution in [0.5, 0.6) is 28.7 Å². The molecule has 3 aromatic rings. The number of primary amides is 1. The van der Waals surface area contributed by atoms with E-state index in [9.17, 15) is 15.0 Å². The maximum atomic E-state index is 10.5. The van der Waals surface area contributed by atoms with Crippen LogP contribution in [0.3, 0.4) is 0 Å². The number of nitrogens with zero attached hydrogens (tertiary/aromatic N) is 1. The van der Waals surface area contributed by atoms with Gasteiger partial charge in [0.1, 0.15) is 0 Å². The van der Waals surface area contributed by atoms with Gasteiger partial charge >= 0.3 is 0 Å². The van der Waals surface area contributed by atoms with Gasteiger partial charge in [-0.25, -0.2) is 0 Å². The number of rotatable bonds is 8. The van der Waals surface area contributed by atoms with Gasteiger partial charge in [-0.1, -0.05) is 6.07 Å². The molecule has 0 fully saturated rings. The maximum Gasteiger partial charge on any atom is 0.250 e. The number of carbonyl (C=O) groups excluding carboxylic acids is 1. The van der Waals surface area contributed by atoms with Crippen molar-refractivity contribution in [2.75, 3.05) is 28.4 Å². The number of aliphatic hydroxyl groups excluding tert-OH is 1. The lowest BCUT2D eigenvalue weighted by Gasteiger charge is -2.17. The number of amides is 1. The molecular weight excluding hydrogens is 428 g/mol. The fourth-order valence-corrected chi connectivity index (χ4v) is 3.01. The molecule has 0 radical (unpaired) electrons. The van der Waals surface area contributed by atoms with Gasteiger partial charge in [-0.3, -0.25) is 9.78 Å². The van der Waals surface area contributed by atoms with Crippen molar-refractivity contribution in [2.45, 2.75) is 12.5 Å². The molecule has 9 heteroatoms. The highest BCUT2D eigenvalue weighted by atomic mass is 16.5. The van der Waals surface area contributed by atoms with Gasteiger partial charge in [-0.2, -0.15) is 0 Å². The van der Waals surface area contributed by atoms with Gasteiger partial charge in [-0.15, -0.1) is 0 Å². The summed E-state index contributed by atoms with van der Waals surface area (Å²) in [5.74, 6) is 1.40. The quantitative estimate of drug-likeness (QED) is 0.471.